The Balaban J connectivity index is 2.29. The third-order valence-electron chi connectivity index (χ3n) is 4.91. The van der Waals surface area contributed by atoms with Crippen LogP contribution in [0.3, 0.4) is 0 Å². The van der Waals surface area contributed by atoms with Gasteiger partial charge in [-0.15, -0.1) is 0 Å². The van der Waals surface area contributed by atoms with Gasteiger partial charge in [-0.25, -0.2) is 0 Å². The van der Waals surface area contributed by atoms with Crippen LogP contribution in [0.2, 0.25) is 9.36 Å². The molecule has 0 bridgehead atoms. The van der Waals surface area contributed by atoms with Gasteiger partial charge in [-0.3, -0.25) is 0 Å². The summed E-state index contributed by atoms with van der Waals surface area (Å²) in [7, 11) is 0. The third kappa shape index (κ3) is 1.66. The molecule has 1 heteroatoms. The van der Waals surface area contributed by atoms with Gasteiger partial charge in [0.15, 0.2) is 0 Å². The molecular formula is C17H23Hf. The van der Waals surface area contributed by atoms with Crippen LogP contribution in [0.5, 0.6) is 0 Å². The van der Waals surface area contributed by atoms with Crippen LogP contribution in [-0.2, 0) is 34.3 Å². The fourth-order valence-corrected chi connectivity index (χ4v) is 11.1. The fourth-order valence-electron chi connectivity index (χ4n) is 4.14. The molecule has 0 nitrogen and oxygen atoms in total. The molecule has 0 amide bonds. The Kier molecular flexibility index (Phi) is 3.17. The molecule has 3 rings (SSSR count). The van der Waals surface area contributed by atoms with Crippen molar-refractivity contribution >= 4 is 6.08 Å². The van der Waals surface area contributed by atoms with Gasteiger partial charge in [0.1, 0.15) is 0 Å². The fraction of sp³-hybridized carbons (Fsp3) is 0.529. The molecule has 0 N–H and O–H groups in total. The van der Waals surface area contributed by atoms with Gasteiger partial charge in [0.05, 0.1) is 0 Å². The Morgan fingerprint density at radius 1 is 1.00 bits per heavy atom. The molecule has 18 heavy (non-hydrogen) atoms. The number of fused-ring (bicyclic) bond motifs is 2. The summed E-state index contributed by atoms with van der Waals surface area (Å²) in [6.45, 7) is 7.13. The molecule has 0 aromatic heterocycles. The van der Waals surface area contributed by atoms with E-state index in [9.17, 15) is 0 Å². The summed E-state index contributed by atoms with van der Waals surface area (Å²) in [5, 5.41) is 0. The normalized spacial score (nSPS) is 20.7. The SMILES string of the molecule is CC1=Cc2c(C)c3c(c(C)c2[CH]1[Hf]([CH3])[CH3])CCC3. The van der Waals surface area contributed by atoms with Gasteiger partial charge in [0.2, 0.25) is 0 Å². The standard InChI is InChI=1S/C15H17.2CH3.Hf/c1-9-7-14-10(2)12-5-4-6-13(12)11(3)15(14)8-9;;;/h7-8H,4-6H2,1-3H3;2*1H3;. The molecule has 1 aromatic carbocycles. The Bertz CT molecular complexity index is 549. The maximum atomic E-state index is 2.57. The van der Waals surface area contributed by atoms with Crippen molar-refractivity contribution in [3.8, 4) is 0 Å². The Hall–Kier alpha value is -0.170. The van der Waals surface area contributed by atoms with Gasteiger partial charge in [-0.2, -0.15) is 0 Å². The number of allylic oxidation sites excluding steroid dienone is 1. The van der Waals surface area contributed by atoms with Gasteiger partial charge >= 0.3 is 120 Å². The number of benzene rings is 1. The molecule has 0 saturated carbocycles. The zero-order valence-corrected chi connectivity index (χ0v) is 15.9. The van der Waals surface area contributed by atoms with Gasteiger partial charge in [-0.05, 0) is 0 Å². The zero-order valence-electron chi connectivity index (χ0n) is 12.3. The molecule has 2 aliphatic rings. The molecule has 0 fully saturated rings. The van der Waals surface area contributed by atoms with Crippen LogP contribution in [0.15, 0.2) is 5.57 Å². The summed E-state index contributed by atoms with van der Waals surface area (Å²) in [5.74, 6) is 0. The van der Waals surface area contributed by atoms with Crippen LogP contribution < -0.4 is 0 Å². The van der Waals surface area contributed by atoms with Crippen LogP contribution in [0, 0.1) is 13.8 Å². The predicted octanol–water partition coefficient (Wildman–Crippen LogP) is 4.96. The third-order valence-corrected chi connectivity index (χ3v) is 11.7. The van der Waals surface area contributed by atoms with E-state index in [4.69, 9.17) is 0 Å². The van der Waals surface area contributed by atoms with Crippen LogP contribution in [0.4, 0.5) is 0 Å². The Morgan fingerprint density at radius 3 is 2.22 bits per heavy atom. The topological polar surface area (TPSA) is 0 Å². The first-order valence-electron chi connectivity index (χ1n) is 7.15. The van der Waals surface area contributed by atoms with Gasteiger partial charge in [0.25, 0.3) is 0 Å². The second-order valence-corrected chi connectivity index (χ2v) is 16.1. The predicted molar refractivity (Wildman–Crippen MR) is 76.1 cm³/mol. The molecule has 1 unspecified atom stereocenters. The van der Waals surface area contributed by atoms with Crippen molar-refractivity contribution in [1.82, 2.24) is 0 Å². The van der Waals surface area contributed by atoms with Crippen molar-refractivity contribution in [1.29, 1.82) is 0 Å². The number of rotatable bonds is 1. The molecule has 95 valence electrons. The van der Waals surface area contributed by atoms with E-state index < -0.39 is 21.4 Å². The minimum absolute atomic E-state index is 0.870. The van der Waals surface area contributed by atoms with E-state index in [1.54, 1.807) is 39.0 Å². The summed E-state index contributed by atoms with van der Waals surface area (Å²) in [4.78, 5) is 0. The van der Waals surface area contributed by atoms with E-state index in [1.165, 1.54) is 19.3 Å². The van der Waals surface area contributed by atoms with Gasteiger partial charge in [0, 0.05) is 0 Å². The summed E-state index contributed by atoms with van der Waals surface area (Å²) < 4.78 is 6.02. The molecule has 0 aliphatic heterocycles. The van der Waals surface area contributed by atoms with Gasteiger partial charge in [-0.1, -0.05) is 0 Å². The average molecular weight is 406 g/mol. The Labute approximate surface area is 119 Å². The van der Waals surface area contributed by atoms with Crippen molar-refractivity contribution in [2.75, 3.05) is 0 Å². The van der Waals surface area contributed by atoms with E-state index in [1.807, 2.05) is 0 Å². The molecule has 2 aliphatic carbocycles. The first kappa shape index (κ1) is 12.8. The monoisotopic (exact) mass is 407 g/mol. The van der Waals surface area contributed by atoms with Gasteiger partial charge < -0.3 is 0 Å². The second kappa shape index (κ2) is 4.44. The Morgan fingerprint density at radius 2 is 1.61 bits per heavy atom. The molecule has 0 heterocycles. The van der Waals surface area contributed by atoms with E-state index in [0.717, 1.165) is 3.67 Å². The minimum atomic E-state index is -1.39. The van der Waals surface area contributed by atoms with Crippen molar-refractivity contribution in [2.24, 2.45) is 0 Å². The first-order chi connectivity index (χ1) is 8.52. The van der Waals surface area contributed by atoms with Crippen molar-refractivity contribution in [3.05, 3.63) is 39.0 Å². The summed E-state index contributed by atoms with van der Waals surface area (Å²) in [6, 6.07) is 0. The van der Waals surface area contributed by atoms with Crippen molar-refractivity contribution in [2.45, 2.75) is 53.1 Å². The van der Waals surface area contributed by atoms with Crippen LogP contribution in [-0.4, -0.2) is 0 Å². The number of hydrogen-bond donors (Lipinski definition) is 0. The van der Waals surface area contributed by atoms with Crippen LogP contribution >= 0.6 is 0 Å². The van der Waals surface area contributed by atoms with E-state index in [2.05, 4.69) is 36.2 Å². The first-order valence-corrected chi connectivity index (χ1v) is 16.4. The molecule has 0 spiro atoms. The van der Waals surface area contributed by atoms with E-state index in [-0.39, 0.29) is 0 Å². The number of hydrogen-bond acceptors (Lipinski definition) is 0. The second-order valence-electron chi connectivity index (χ2n) is 6.29. The van der Waals surface area contributed by atoms with Crippen molar-refractivity contribution in [3.63, 3.8) is 0 Å². The van der Waals surface area contributed by atoms with Crippen molar-refractivity contribution < 1.29 is 21.4 Å². The zero-order chi connectivity index (χ0) is 13.0. The average Bonchev–Trinajstić information content (AvgIpc) is 2.89. The summed E-state index contributed by atoms with van der Waals surface area (Å²) >= 11 is -1.39. The van der Waals surface area contributed by atoms with Crippen LogP contribution in [0.25, 0.3) is 6.08 Å². The maximum absolute atomic E-state index is 2.57. The summed E-state index contributed by atoms with van der Waals surface area (Å²) in [5.41, 5.74) is 11.7. The van der Waals surface area contributed by atoms with E-state index >= 15 is 0 Å². The van der Waals surface area contributed by atoms with E-state index in [0.29, 0.717) is 0 Å². The quantitative estimate of drug-likeness (QED) is 0.579. The molecule has 0 radical (unpaired) electrons. The molecule has 0 saturated heterocycles. The molecule has 1 atom stereocenters. The molecular weight excluding hydrogens is 383 g/mol. The van der Waals surface area contributed by atoms with Crippen LogP contribution in [0.1, 0.15) is 50.4 Å². The summed E-state index contributed by atoms with van der Waals surface area (Å²) in [6.07, 6.45) is 6.53. The molecule has 1 aromatic rings.